The van der Waals surface area contributed by atoms with Gasteiger partial charge in [-0.3, -0.25) is 0 Å². The van der Waals surface area contributed by atoms with E-state index in [1.165, 1.54) is 0 Å². The van der Waals surface area contributed by atoms with Gasteiger partial charge in [0, 0.05) is 12.7 Å². The number of halogens is 1. The number of nitrogens with one attached hydrogen (secondary N) is 1. The summed E-state index contributed by atoms with van der Waals surface area (Å²) >= 11 is 3.52. The topological polar surface area (TPSA) is 60.2 Å². The molecule has 2 aromatic rings. The molecule has 0 unspecified atom stereocenters. The number of methoxy groups -OCH3 is 1. The number of ether oxygens (including phenoxy) is 1. The van der Waals surface area contributed by atoms with Crippen LogP contribution in [0, 0.1) is 6.92 Å². The Labute approximate surface area is 121 Å². The normalized spacial score (nSPS) is 10.3. The van der Waals surface area contributed by atoms with Crippen molar-refractivity contribution in [2.24, 2.45) is 0 Å². The van der Waals surface area contributed by atoms with E-state index in [2.05, 4.69) is 26.2 Å². The van der Waals surface area contributed by atoms with E-state index in [9.17, 15) is 0 Å². The summed E-state index contributed by atoms with van der Waals surface area (Å²) in [6, 6.07) is 7.70. The second kappa shape index (κ2) is 5.93. The molecular formula is C14H16BrN3O. The van der Waals surface area contributed by atoms with Crippen LogP contribution in [-0.4, -0.2) is 12.1 Å². The number of anilines is 2. The quantitative estimate of drug-likeness (QED) is 0.848. The molecule has 19 heavy (non-hydrogen) atoms. The van der Waals surface area contributed by atoms with Crippen molar-refractivity contribution in [1.29, 1.82) is 0 Å². The molecule has 100 valence electrons. The molecule has 0 bridgehead atoms. The third kappa shape index (κ3) is 3.17. The number of aromatic nitrogens is 1. The highest BCUT2D eigenvalue weighted by atomic mass is 79.9. The van der Waals surface area contributed by atoms with Crippen LogP contribution in [0.5, 0.6) is 5.75 Å². The van der Waals surface area contributed by atoms with Crippen molar-refractivity contribution in [3.8, 4) is 5.75 Å². The average molecular weight is 322 g/mol. The van der Waals surface area contributed by atoms with Crippen LogP contribution in [0.25, 0.3) is 0 Å². The van der Waals surface area contributed by atoms with Gasteiger partial charge in [-0.15, -0.1) is 0 Å². The summed E-state index contributed by atoms with van der Waals surface area (Å²) in [5.74, 6) is 1.52. The lowest BCUT2D eigenvalue weighted by Gasteiger charge is -2.10. The molecule has 2 rings (SSSR count). The summed E-state index contributed by atoms with van der Waals surface area (Å²) in [7, 11) is 1.61. The maximum absolute atomic E-state index is 5.88. The molecule has 1 heterocycles. The minimum atomic E-state index is 0.637. The lowest BCUT2D eigenvalue weighted by atomic mass is 10.2. The molecule has 0 spiro atoms. The maximum atomic E-state index is 5.88. The molecule has 0 atom stereocenters. The molecule has 0 amide bonds. The monoisotopic (exact) mass is 321 g/mol. The Morgan fingerprint density at radius 1 is 1.37 bits per heavy atom. The van der Waals surface area contributed by atoms with E-state index >= 15 is 0 Å². The van der Waals surface area contributed by atoms with Crippen molar-refractivity contribution >= 4 is 27.4 Å². The number of benzene rings is 1. The fourth-order valence-corrected chi connectivity index (χ4v) is 2.12. The van der Waals surface area contributed by atoms with Crippen LogP contribution in [0.1, 0.15) is 11.1 Å². The lowest BCUT2D eigenvalue weighted by Crippen LogP contribution is -2.03. The molecule has 1 aromatic heterocycles. The molecule has 1 aromatic carbocycles. The second-order valence-corrected chi connectivity index (χ2v) is 5.01. The van der Waals surface area contributed by atoms with Crippen molar-refractivity contribution < 1.29 is 4.74 Å². The number of rotatable bonds is 4. The van der Waals surface area contributed by atoms with Gasteiger partial charge >= 0.3 is 0 Å². The Kier molecular flexibility index (Phi) is 4.27. The van der Waals surface area contributed by atoms with Crippen LogP contribution in [0.4, 0.5) is 11.5 Å². The Hall–Kier alpha value is -1.75. The lowest BCUT2D eigenvalue weighted by molar-refractivity contribution is 0.417. The summed E-state index contributed by atoms with van der Waals surface area (Å²) in [5.41, 5.74) is 8.74. The molecule has 4 nitrogen and oxygen atoms in total. The van der Waals surface area contributed by atoms with E-state index in [0.717, 1.165) is 21.4 Å². The van der Waals surface area contributed by atoms with E-state index in [-0.39, 0.29) is 0 Å². The standard InChI is InChI=1S/C14H16BrN3O/c1-9-5-6-17-14(13(9)15)18-8-10-3-4-12(19-2)11(16)7-10/h3-7H,8,16H2,1-2H3,(H,17,18). The van der Waals surface area contributed by atoms with Crippen molar-refractivity contribution in [3.05, 3.63) is 46.1 Å². The molecule has 5 heteroatoms. The molecular weight excluding hydrogens is 306 g/mol. The average Bonchev–Trinajstić information content (AvgIpc) is 2.40. The Balaban J connectivity index is 2.10. The molecule has 0 saturated carbocycles. The summed E-state index contributed by atoms with van der Waals surface area (Å²) in [5, 5.41) is 3.28. The zero-order valence-electron chi connectivity index (χ0n) is 10.9. The maximum Gasteiger partial charge on any atom is 0.141 e. The summed E-state index contributed by atoms with van der Waals surface area (Å²) in [4.78, 5) is 4.30. The van der Waals surface area contributed by atoms with Crippen LogP contribution < -0.4 is 15.8 Å². The number of nitrogens with two attached hydrogens (primary N) is 1. The number of aryl methyl sites for hydroxylation is 1. The van der Waals surface area contributed by atoms with Gasteiger partial charge in [0.05, 0.1) is 17.3 Å². The van der Waals surface area contributed by atoms with E-state index in [1.54, 1.807) is 13.3 Å². The van der Waals surface area contributed by atoms with Crippen LogP contribution >= 0.6 is 15.9 Å². The van der Waals surface area contributed by atoms with E-state index in [1.807, 2.05) is 31.2 Å². The van der Waals surface area contributed by atoms with Gasteiger partial charge in [0.15, 0.2) is 0 Å². The van der Waals surface area contributed by atoms with Crippen molar-refractivity contribution in [2.75, 3.05) is 18.2 Å². The first-order chi connectivity index (χ1) is 9.11. The Bertz CT molecular complexity index is 587. The number of pyridine rings is 1. The van der Waals surface area contributed by atoms with Gasteiger partial charge in [-0.05, 0) is 52.2 Å². The Morgan fingerprint density at radius 2 is 2.16 bits per heavy atom. The van der Waals surface area contributed by atoms with Crippen molar-refractivity contribution in [1.82, 2.24) is 4.98 Å². The third-order valence-electron chi connectivity index (χ3n) is 2.84. The first-order valence-corrected chi connectivity index (χ1v) is 6.68. The van der Waals surface area contributed by atoms with Gasteiger partial charge in [0.1, 0.15) is 11.6 Å². The summed E-state index contributed by atoms with van der Waals surface area (Å²) in [6.45, 7) is 2.69. The smallest absolute Gasteiger partial charge is 0.141 e. The minimum absolute atomic E-state index is 0.637. The zero-order valence-corrected chi connectivity index (χ0v) is 12.5. The second-order valence-electron chi connectivity index (χ2n) is 4.22. The van der Waals surface area contributed by atoms with Crippen molar-refractivity contribution in [3.63, 3.8) is 0 Å². The fourth-order valence-electron chi connectivity index (χ4n) is 1.74. The van der Waals surface area contributed by atoms with Gasteiger partial charge in [0.2, 0.25) is 0 Å². The molecule has 0 aliphatic rings. The van der Waals surface area contributed by atoms with Gasteiger partial charge in [-0.25, -0.2) is 4.98 Å². The largest absolute Gasteiger partial charge is 0.495 e. The fraction of sp³-hybridized carbons (Fsp3) is 0.214. The van der Waals surface area contributed by atoms with Gasteiger partial charge < -0.3 is 15.8 Å². The zero-order chi connectivity index (χ0) is 13.8. The molecule has 3 N–H and O–H groups in total. The summed E-state index contributed by atoms with van der Waals surface area (Å²) in [6.07, 6.45) is 1.78. The molecule has 0 saturated heterocycles. The SMILES string of the molecule is COc1ccc(CNc2nccc(C)c2Br)cc1N. The van der Waals surface area contributed by atoms with E-state index in [4.69, 9.17) is 10.5 Å². The summed E-state index contributed by atoms with van der Waals surface area (Å²) < 4.78 is 6.12. The number of nitrogens with zero attached hydrogens (tertiary/aromatic N) is 1. The molecule has 0 fully saturated rings. The minimum Gasteiger partial charge on any atom is -0.495 e. The van der Waals surface area contributed by atoms with Gasteiger partial charge in [0.25, 0.3) is 0 Å². The van der Waals surface area contributed by atoms with Gasteiger partial charge in [-0.2, -0.15) is 0 Å². The Morgan fingerprint density at radius 3 is 2.84 bits per heavy atom. The highest BCUT2D eigenvalue weighted by molar-refractivity contribution is 9.10. The highest BCUT2D eigenvalue weighted by Gasteiger charge is 2.05. The molecule has 0 radical (unpaired) electrons. The van der Waals surface area contributed by atoms with Crippen LogP contribution in [0.3, 0.4) is 0 Å². The number of nitrogen functional groups attached to an aromatic ring is 1. The van der Waals surface area contributed by atoms with E-state index in [0.29, 0.717) is 18.0 Å². The van der Waals surface area contributed by atoms with Crippen LogP contribution in [-0.2, 0) is 6.54 Å². The molecule has 0 aliphatic heterocycles. The van der Waals surface area contributed by atoms with Crippen LogP contribution in [0.15, 0.2) is 34.9 Å². The third-order valence-corrected chi connectivity index (χ3v) is 3.84. The van der Waals surface area contributed by atoms with Crippen molar-refractivity contribution in [2.45, 2.75) is 13.5 Å². The highest BCUT2D eigenvalue weighted by Crippen LogP contribution is 2.25. The number of hydrogen-bond acceptors (Lipinski definition) is 4. The predicted molar refractivity (Wildman–Crippen MR) is 81.4 cm³/mol. The van der Waals surface area contributed by atoms with Crippen LogP contribution in [0.2, 0.25) is 0 Å². The number of hydrogen-bond donors (Lipinski definition) is 2. The van der Waals surface area contributed by atoms with E-state index < -0.39 is 0 Å². The van der Waals surface area contributed by atoms with Gasteiger partial charge in [-0.1, -0.05) is 6.07 Å². The first kappa shape index (κ1) is 13.7. The predicted octanol–water partition coefficient (Wildman–Crippen LogP) is 3.36. The first-order valence-electron chi connectivity index (χ1n) is 5.89. The molecule has 0 aliphatic carbocycles.